The van der Waals surface area contributed by atoms with Gasteiger partial charge in [0.25, 0.3) is 0 Å². The fourth-order valence-electron chi connectivity index (χ4n) is 4.34. The standard InChI is InChI=1S/C26H33N3O6/c1-16-4-13-23(34-2)21(14-16)29-26(33)27-20-11-9-18(10-12-20)17-5-7-19(8-6-17)24(31)28-22(15-30)25(32)35-3/h4,9-14,17,19,22,30H,5-8,15H2,1-3H3,(H,28,31)(H2,27,29,33)/t17-,19-,22-/m0/s1. The topological polar surface area (TPSA) is 126 Å². The SMILES string of the molecule is COC(=O)[C@H](CO)NC(=O)[C@H]1CC[C@H](c2ccc(NC(=O)Nc3cc(C)ccc3OC)cc2)CC1. The van der Waals surface area contributed by atoms with Crippen molar-refractivity contribution in [1.29, 1.82) is 0 Å². The summed E-state index contributed by atoms with van der Waals surface area (Å²) in [6.45, 7) is 1.44. The Balaban J connectivity index is 1.51. The number of aryl methyl sites for hydroxylation is 1. The summed E-state index contributed by atoms with van der Waals surface area (Å²) in [6, 6.07) is 11.9. The maximum atomic E-state index is 12.5. The van der Waals surface area contributed by atoms with Crippen LogP contribution < -0.4 is 20.7 Å². The van der Waals surface area contributed by atoms with Gasteiger partial charge in [0.05, 0.1) is 26.5 Å². The van der Waals surface area contributed by atoms with Crippen LogP contribution in [0.15, 0.2) is 42.5 Å². The van der Waals surface area contributed by atoms with Crippen LogP contribution in [0.25, 0.3) is 0 Å². The highest BCUT2D eigenvalue weighted by Gasteiger charge is 2.30. The molecule has 35 heavy (non-hydrogen) atoms. The van der Waals surface area contributed by atoms with Gasteiger partial charge in [0.15, 0.2) is 6.04 Å². The number of methoxy groups -OCH3 is 2. The Morgan fingerprint density at radius 3 is 2.29 bits per heavy atom. The first-order chi connectivity index (χ1) is 16.8. The summed E-state index contributed by atoms with van der Waals surface area (Å²) in [5, 5.41) is 17.5. The van der Waals surface area contributed by atoms with Crippen LogP contribution in [-0.2, 0) is 14.3 Å². The van der Waals surface area contributed by atoms with E-state index in [0.717, 1.165) is 24.0 Å². The summed E-state index contributed by atoms with van der Waals surface area (Å²) in [6.07, 6.45) is 3.05. The number of hydrogen-bond donors (Lipinski definition) is 4. The number of ether oxygens (including phenoxy) is 2. The van der Waals surface area contributed by atoms with Crippen LogP contribution in [0.5, 0.6) is 5.75 Å². The van der Waals surface area contributed by atoms with Gasteiger partial charge in [-0.05, 0) is 73.9 Å². The van der Waals surface area contributed by atoms with E-state index in [1.165, 1.54) is 7.11 Å². The van der Waals surface area contributed by atoms with Crippen molar-refractivity contribution in [2.45, 2.75) is 44.6 Å². The Bertz CT molecular complexity index is 1030. The first-order valence-electron chi connectivity index (χ1n) is 11.7. The van der Waals surface area contributed by atoms with Crippen LogP contribution >= 0.6 is 0 Å². The van der Waals surface area contributed by atoms with Crippen LogP contribution in [0.3, 0.4) is 0 Å². The Kier molecular flexibility index (Phi) is 9.08. The lowest BCUT2D eigenvalue weighted by Gasteiger charge is -2.29. The Morgan fingerprint density at radius 2 is 1.69 bits per heavy atom. The van der Waals surface area contributed by atoms with Gasteiger partial charge in [-0.25, -0.2) is 9.59 Å². The molecule has 0 spiro atoms. The minimum atomic E-state index is -1.03. The van der Waals surface area contributed by atoms with Gasteiger partial charge in [0.2, 0.25) is 5.91 Å². The molecule has 0 aliphatic heterocycles. The minimum Gasteiger partial charge on any atom is -0.495 e. The largest absolute Gasteiger partial charge is 0.495 e. The van der Waals surface area contributed by atoms with E-state index in [9.17, 15) is 19.5 Å². The number of benzene rings is 2. The molecule has 4 N–H and O–H groups in total. The van der Waals surface area contributed by atoms with E-state index in [1.54, 1.807) is 7.11 Å². The maximum absolute atomic E-state index is 12.5. The number of carbonyl (C=O) groups is 3. The highest BCUT2D eigenvalue weighted by atomic mass is 16.5. The fourth-order valence-corrected chi connectivity index (χ4v) is 4.34. The summed E-state index contributed by atoms with van der Waals surface area (Å²) in [4.78, 5) is 36.5. The molecule has 0 saturated heterocycles. The molecule has 1 fully saturated rings. The number of aliphatic hydroxyl groups excluding tert-OH is 1. The number of esters is 1. The van der Waals surface area contributed by atoms with Crippen molar-refractivity contribution in [2.75, 3.05) is 31.5 Å². The minimum absolute atomic E-state index is 0.201. The van der Waals surface area contributed by atoms with Gasteiger partial charge in [0, 0.05) is 11.6 Å². The van der Waals surface area contributed by atoms with Gasteiger partial charge in [0.1, 0.15) is 5.75 Å². The third-order valence-electron chi connectivity index (χ3n) is 6.33. The predicted octanol–water partition coefficient (Wildman–Crippen LogP) is 3.57. The van der Waals surface area contributed by atoms with Crippen molar-refractivity contribution in [3.05, 3.63) is 53.6 Å². The van der Waals surface area contributed by atoms with E-state index in [4.69, 9.17) is 4.74 Å². The van der Waals surface area contributed by atoms with Gasteiger partial charge in [-0.15, -0.1) is 0 Å². The Morgan fingerprint density at radius 1 is 1.00 bits per heavy atom. The average Bonchev–Trinajstić information content (AvgIpc) is 2.87. The average molecular weight is 484 g/mol. The number of hydrogen-bond acceptors (Lipinski definition) is 6. The van der Waals surface area contributed by atoms with E-state index in [1.807, 2.05) is 49.4 Å². The molecule has 9 heteroatoms. The molecule has 9 nitrogen and oxygen atoms in total. The molecule has 2 aromatic rings. The molecule has 3 amide bonds. The van der Waals surface area contributed by atoms with E-state index in [2.05, 4.69) is 20.7 Å². The zero-order chi connectivity index (χ0) is 25.4. The molecule has 0 aromatic heterocycles. The van der Waals surface area contributed by atoms with Crippen LogP contribution in [-0.4, -0.2) is 49.9 Å². The normalized spacial score (nSPS) is 18.2. The van der Waals surface area contributed by atoms with Crippen molar-refractivity contribution in [3.63, 3.8) is 0 Å². The van der Waals surface area contributed by atoms with E-state index in [-0.39, 0.29) is 17.9 Å². The zero-order valence-corrected chi connectivity index (χ0v) is 20.3. The van der Waals surface area contributed by atoms with Crippen LogP contribution in [0.2, 0.25) is 0 Å². The summed E-state index contributed by atoms with van der Waals surface area (Å²) in [5.41, 5.74) is 3.43. The highest BCUT2D eigenvalue weighted by Crippen LogP contribution is 2.36. The number of urea groups is 1. The number of rotatable bonds is 8. The van der Waals surface area contributed by atoms with Crippen LogP contribution in [0, 0.1) is 12.8 Å². The fraction of sp³-hybridized carbons (Fsp3) is 0.423. The van der Waals surface area contributed by atoms with Gasteiger partial charge >= 0.3 is 12.0 Å². The molecular formula is C26H33N3O6. The monoisotopic (exact) mass is 483 g/mol. The molecule has 0 heterocycles. The van der Waals surface area contributed by atoms with Crippen molar-refractivity contribution in [2.24, 2.45) is 5.92 Å². The predicted molar refractivity (Wildman–Crippen MR) is 133 cm³/mol. The first kappa shape index (κ1) is 26.0. The van der Waals surface area contributed by atoms with Gasteiger partial charge in [-0.3, -0.25) is 4.79 Å². The van der Waals surface area contributed by atoms with E-state index >= 15 is 0 Å². The summed E-state index contributed by atoms with van der Waals surface area (Å²) >= 11 is 0. The van der Waals surface area contributed by atoms with E-state index < -0.39 is 18.6 Å². The lowest BCUT2D eigenvalue weighted by Crippen LogP contribution is -2.46. The lowest BCUT2D eigenvalue weighted by atomic mass is 9.78. The van der Waals surface area contributed by atoms with Crippen molar-refractivity contribution < 1.29 is 29.0 Å². The quantitative estimate of drug-likeness (QED) is 0.425. The molecule has 1 saturated carbocycles. The highest BCUT2D eigenvalue weighted by molar-refractivity contribution is 6.00. The molecule has 188 valence electrons. The number of carbonyl (C=O) groups excluding carboxylic acids is 3. The summed E-state index contributed by atoms with van der Waals surface area (Å²) < 4.78 is 9.89. The molecular weight excluding hydrogens is 450 g/mol. The lowest BCUT2D eigenvalue weighted by molar-refractivity contribution is -0.146. The molecule has 0 radical (unpaired) electrons. The Labute approximate surface area is 205 Å². The van der Waals surface area contributed by atoms with Gasteiger partial charge in [-0.2, -0.15) is 0 Å². The number of nitrogens with one attached hydrogen (secondary N) is 3. The molecule has 2 aromatic carbocycles. The van der Waals surface area contributed by atoms with E-state index in [0.29, 0.717) is 35.9 Å². The molecule has 0 bridgehead atoms. The summed E-state index contributed by atoms with van der Waals surface area (Å²) in [7, 11) is 2.78. The third-order valence-corrected chi connectivity index (χ3v) is 6.33. The molecule has 0 unspecified atom stereocenters. The van der Waals surface area contributed by atoms with Crippen molar-refractivity contribution in [3.8, 4) is 5.75 Å². The summed E-state index contributed by atoms with van der Waals surface area (Å²) in [5.74, 6) is -0.192. The number of anilines is 2. The molecule has 1 aliphatic carbocycles. The molecule has 3 rings (SSSR count). The van der Waals surface area contributed by atoms with Crippen LogP contribution in [0.4, 0.5) is 16.2 Å². The second-order valence-electron chi connectivity index (χ2n) is 8.72. The molecule has 1 aliphatic rings. The van der Waals surface area contributed by atoms with Crippen molar-refractivity contribution >= 4 is 29.3 Å². The first-order valence-corrected chi connectivity index (χ1v) is 11.7. The number of amides is 3. The van der Waals surface area contributed by atoms with Gasteiger partial charge in [-0.1, -0.05) is 18.2 Å². The number of aliphatic hydroxyl groups is 1. The molecule has 1 atom stereocenters. The second kappa shape index (κ2) is 12.2. The second-order valence-corrected chi connectivity index (χ2v) is 8.72. The van der Waals surface area contributed by atoms with Gasteiger partial charge < -0.3 is 30.5 Å². The third kappa shape index (κ3) is 6.95. The zero-order valence-electron chi connectivity index (χ0n) is 20.3. The smallest absolute Gasteiger partial charge is 0.330 e. The maximum Gasteiger partial charge on any atom is 0.330 e. The van der Waals surface area contributed by atoms with Crippen LogP contribution in [0.1, 0.15) is 42.7 Å². The van der Waals surface area contributed by atoms with Crippen molar-refractivity contribution in [1.82, 2.24) is 5.32 Å². The Hall–Kier alpha value is -3.59.